The third-order valence-electron chi connectivity index (χ3n) is 8.37. The Labute approximate surface area is 276 Å². The number of aromatic nitrogens is 3. The molecule has 6 rings (SSSR count). The highest BCUT2D eigenvalue weighted by atomic mass is 35.5. The van der Waals surface area contributed by atoms with Gasteiger partial charge in [-0.25, -0.2) is 13.7 Å². The van der Waals surface area contributed by atoms with Gasteiger partial charge in [0.15, 0.2) is 0 Å². The lowest BCUT2D eigenvalue weighted by Gasteiger charge is -2.34. The summed E-state index contributed by atoms with van der Waals surface area (Å²) < 4.78 is 30.3. The zero-order valence-electron chi connectivity index (χ0n) is 25.9. The van der Waals surface area contributed by atoms with Crippen LogP contribution in [-0.4, -0.2) is 59.3 Å². The van der Waals surface area contributed by atoms with Gasteiger partial charge >= 0.3 is 5.97 Å². The Bertz CT molecular complexity index is 2040. The van der Waals surface area contributed by atoms with Crippen LogP contribution >= 0.6 is 11.6 Å². The molecule has 5 aromatic rings. The Balaban J connectivity index is 1.17. The van der Waals surface area contributed by atoms with Gasteiger partial charge in [0, 0.05) is 34.7 Å². The normalized spacial score (nSPS) is 16.3. The van der Waals surface area contributed by atoms with Crippen molar-refractivity contribution in [1.82, 2.24) is 20.3 Å². The summed E-state index contributed by atoms with van der Waals surface area (Å²) in [4.78, 5) is 25.6. The molecule has 0 bridgehead atoms. The van der Waals surface area contributed by atoms with Gasteiger partial charge in [0.05, 0.1) is 17.0 Å². The van der Waals surface area contributed by atoms with E-state index in [0.29, 0.717) is 32.7 Å². The number of ether oxygens (including phenoxy) is 1. The zero-order chi connectivity index (χ0) is 33.4. The first kappa shape index (κ1) is 32.4. The summed E-state index contributed by atoms with van der Waals surface area (Å²) in [6.07, 6.45) is 4.84. The van der Waals surface area contributed by atoms with Crippen LogP contribution in [0, 0.1) is 0 Å². The zero-order valence-corrected chi connectivity index (χ0v) is 27.5. The second kappa shape index (κ2) is 12.6. The Hall–Kier alpha value is -4.58. The van der Waals surface area contributed by atoms with Crippen molar-refractivity contribution in [2.24, 2.45) is 0 Å². The maximum absolute atomic E-state index is 13.2. The average Bonchev–Trinajstić information content (AvgIpc) is 3.31. The number of nitrogens with zero attached hydrogens (tertiary/aromatic N) is 3. The van der Waals surface area contributed by atoms with E-state index in [2.05, 4.69) is 33.8 Å². The van der Waals surface area contributed by atoms with Gasteiger partial charge in [-0.15, -0.1) is 5.10 Å². The van der Waals surface area contributed by atoms with Crippen molar-refractivity contribution < 1.29 is 28.2 Å². The number of fused-ring (bicyclic) bond motifs is 2. The average molecular weight is 675 g/mol. The van der Waals surface area contributed by atoms with E-state index in [9.17, 15) is 23.5 Å². The van der Waals surface area contributed by atoms with Crippen molar-refractivity contribution in [3.63, 3.8) is 0 Å². The minimum absolute atomic E-state index is 0.0492. The van der Waals surface area contributed by atoms with Gasteiger partial charge in [0.2, 0.25) is 6.10 Å². The van der Waals surface area contributed by atoms with Crippen molar-refractivity contribution in [3.05, 3.63) is 118 Å². The van der Waals surface area contributed by atoms with Gasteiger partial charge in [-0.2, -0.15) is 9.35 Å². The number of aliphatic carboxylic acids is 1. The number of nitrogens with one attached hydrogen (secondary N) is 1. The molecule has 1 aromatic heterocycles. The molecule has 12 heteroatoms. The lowest BCUT2D eigenvalue weighted by molar-refractivity contribution is -0.145. The summed E-state index contributed by atoms with van der Waals surface area (Å²) in [5.74, 6) is -1.12. The smallest absolute Gasteiger partial charge is 0.349 e. The summed E-state index contributed by atoms with van der Waals surface area (Å²) in [5, 5.41) is 22.1. The van der Waals surface area contributed by atoms with E-state index in [-0.39, 0.29) is 29.1 Å². The van der Waals surface area contributed by atoms with Crippen molar-refractivity contribution in [2.45, 2.75) is 49.3 Å². The molecule has 1 heterocycles. The van der Waals surface area contributed by atoms with E-state index in [1.165, 1.54) is 47.9 Å². The minimum atomic E-state index is -3.99. The predicted molar refractivity (Wildman–Crippen MR) is 181 cm³/mol. The monoisotopic (exact) mass is 674 g/mol. The molecular weight excluding hydrogens is 640 g/mol. The van der Waals surface area contributed by atoms with E-state index < -0.39 is 21.4 Å². The molecule has 244 valence electrons. The van der Waals surface area contributed by atoms with Crippen LogP contribution in [0.15, 0.2) is 89.8 Å². The second-order valence-corrected chi connectivity index (χ2v) is 16.8. The Morgan fingerprint density at radius 3 is 2.51 bits per heavy atom. The first-order valence-corrected chi connectivity index (χ1v) is 18.3. The Morgan fingerprint density at radius 2 is 1.79 bits per heavy atom. The number of hydrogen-bond acceptors (Lipinski definition) is 6. The quantitative estimate of drug-likeness (QED) is 0.163. The lowest BCUT2D eigenvalue weighted by Crippen LogP contribution is -2.36. The van der Waals surface area contributed by atoms with Crippen molar-refractivity contribution in [1.29, 1.82) is 0 Å². The van der Waals surface area contributed by atoms with Gasteiger partial charge < -0.3 is 15.2 Å². The maximum Gasteiger partial charge on any atom is 0.349 e. The highest BCUT2D eigenvalue weighted by molar-refractivity contribution is 8.14. The van der Waals surface area contributed by atoms with E-state index in [1.54, 1.807) is 41.1 Å². The molecule has 2 unspecified atom stereocenters. The highest BCUT2D eigenvalue weighted by Gasteiger charge is 2.25. The molecule has 0 saturated carbocycles. The van der Waals surface area contributed by atoms with Gasteiger partial charge in [-0.3, -0.25) is 9.35 Å². The van der Waals surface area contributed by atoms with E-state index >= 15 is 0 Å². The fraction of sp³-hybridized carbons (Fsp3) is 0.257. The SMILES string of the molecule is CS(C)(=O)(O)c1ccc(C(Oc2ccc(Cl)c(Cn3nnc4cc(C(=O)NC5CCCc6ccccc6C5)ccc43)c2)C(=O)O)cc1. The topological polar surface area (TPSA) is 144 Å². The summed E-state index contributed by atoms with van der Waals surface area (Å²) in [7, 11) is -3.99. The van der Waals surface area contributed by atoms with Crippen molar-refractivity contribution in [2.75, 3.05) is 12.5 Å². The largest absolute Gasteiger partial charge is 0.478 e. The standard InChI is InChI=1S/C35H35ClN4O6S/c1-47(2,44,45)29-14-10-23(11-15-29)33(35(42)43)46-28-13-16-30(36)26(19-28)21-40-32-17-12-25(20-31(32)38-39-40)34(41)37-27-9-5-8-22-6-3-4-7-24(22)18-27/h3-4,6-7,10-17,19-20,27,33H,5,8-9,18,21H2,1-2H3,(H,37,41)(H,42,43)(H,44,45). The minimum Gasteiger partial charge on any atom is -0.478 e. The number of halogens is 1. The fourth-order valence-corrected chi connectivity index (χ4v) is 6.95. The van der Waals surface area contributed by atoms with E-state index in [1.807, 2.05) is 6.07 Å². The summed E-state index contributed by atoms with van der Waals surface area (Å²) in [6, 6.07) is 24.3. The summed E-state index contributed by atoms with van der Waals surface area (Å²) in [5.41, 5.74) is 5.29. The third-order valence-corrected chi connectivity index (χ3v) is 10.4. The van der Waals surface area contributed by atoms with Gasteiger partial charge in [-0.1, -0.05) is 53.2 Å². The summed E-state index contributed by atoms with van der Waals surface area (Å²) >= 11 is 6.52. The van der Waals surface area contributed by atoms with Crippen LogP contribution in [0.25, 0.3) is 11.0 Å². The number of aryl methyl sites for hydroxylation is 1. The number of rotatable bonds is 9. The number of hydrogen-bond donors (Lipinski definition) is 3. The number of carboxylic acids is 1. The van der Waals surface area contributed by atoms with Crippen LogP contribution in [0.5, 0.6) is 5.75 Å². The highest BCUT2D eigenvalue weighted by Crippen LogP contribution is 2.31. The Kier molecular flexibility index (Phi) is 8.64. The molecule has 1 amide bonds. The molecule has 0 aliphatic heterocycles. The number of benzene rings is 4. The second-order valence-electron chi connectivity index (χ2n) is 12.4. The fourth-order valence-electron chi connectivity index (χ4n) is 5.86. The Morgan fingerprint density at radius 1 is 1.04 bits per heavy atom. The number of amides is 1. The maximum atomic E-state index is 13.2. The van der Waals surface area contributed by atoms with E-state index in [4.69, 9.17) is 16.3 Å². The van der Waals surface area contributed by atoms with Crippen LogP contribution in [0.3, 0.4) is 0 Å². The summed E-state index contributed by atoms with van der Waals surface area (Å²) in [6.45, 7) is 0.214. The van der Waals surface area contributed by atoms with Crippen LogP contribution in [0.2, 0.25) is 5.02 Å². The first-order valence-electron chi connectivity index (χ1n) is 15.2. The van der Waals surface area contributed by atoms with Crippen LogP contribution in [-0.2, 0) is 33.5 Å². The molecule has 0 saturated heterocycles. The molecular formula is C35H35ClN4O6S. The molecule has 3 N–H and O–H groups in total. The van der Waals surface area contributed by atoms with E-state index in [0.717, 1.165) is 25.7 Å². The molecule has 47 heavy (non-hydrogen) atoms. The van der Waals surface area contributed by atoms with Crippen molar-refractivity contribution in [3.8, 4) is 5.75 Å². The molecule has 2 atom stereocenters. The molecule has 0 radical (unpaired) electrons. The lowest BCUT2D eigenvalue weighted by atomic mass is 10.0. The number of carbonyl (C=O) groups excluding carboxylic acids is 1. The number of carbonyl (C=O) groups is 2. The molecule has 1 aliphatic carbocycles. The first-order chi connectivity index (χ1) is 22.3. The van der Waals surface area contributed by atoms with Crippen LogP contribution in [0.1, 0.15) is 51.6 Å². The van der Waals surface area contributed by atoms with Gasteiger partial charge in [0.1, 0.15) is 11.3 Å². The third kappa shape index (κ3) is 7.38. The van der Waals surface area contributed by atoms with Crippen LogP contribution in [0.4, 0.5) is 0 Å². The number of carboxylic acid groups (broad SMARTS) is 1. The van der Waals surface area contributed by atoms with Gasteiger partial charge in [0.25, 0.3) is 5.91 Å². The molecule has 1 aliphatic rings. The molecule has 4 aromatic carbocycles. The van der Waals surface area contributed by atoms with Gasteiger partial charge in [-0.05, 0) is 90.9 Å². The molecule has 0 fully saturated rings. The molecule has 0 spiro atoms. The molecule has 10 nitrogen and oxygen atoms in total. The van der Waals surface area contributed by atoms with Crippen molar-refractivity contribution >= 4 is 43.9 Å². The van der Waals surface area contributed by atoms with Crippen LogP contribution < -0.4 is 10.1 Å². The predicted octanol–water partition coefficient (Wildman–Crippen LogP) is 5.93.